The Morgan fingerprint density at radius 2 is 2.00 bits per heavy atom. The van der Waals surface area contributed by atoms with E-state index in [0.717, 1.165) is 6.42 Å². The lowest BCUT2D eigenvalue weighted by molar-refractivity contribution is 0.286. The van der Waals surface area contributed by atoms with Gasteiger partial charge in [0.15, 0.2) is 0 Å². The van der Waals surface area contributed by atoms with Gasteiger partial charge in [-0.1, -0.05) is 6.92 Å². The van der Waals surface area contributed by atoms with Crippen LogP contribution < -0.4 is 0 Å². The van der Waals surface area contributed by atoms with E-state index in [4.69, 9.17) is 0 Å². The van der Waals surface area contributed by atoms with Gasteiger partial charge >= 0.3 is 0 Å². The van der Waals surface area contributed by atoms with E-state index in [9.17, 15) is 8.42 Å². The summed E-state index contributed by atoms with van der Waals surface area (Å²) >= 11 is 0. The predicted molar refractivity (Wildman–Crippen MR) is 49.4 cm³/mol. The number of hydrogen-bond acceptors (Lipinski definition) is 2. The second-order valence-electron chi connectivity index (χ2n) is 3.87. The second-order valence-corrected chi connectivity index (χ2v) is 5.91. The highest BCUT2D eigenvalue weighted by atomic mass is 32.2. The van der Waals surface area contributed by atoms with Crippen LogP contribution in [-0.4, -0.2) is 31.1 Å². The van der Waals surface area contributed by atoms with Crippen LogP contribution in [0.25, 0.3) is 0 Å². The molecule has 0 amide bonds. The average molecular weight is 191 g/mol. The Morgan fingerprint density at radius 3 is 2.42 bits per heavy atom. The molecule has 1 fully saturated rings. The maximum Gasteiger partial charge on any atom is 0.214 e. The minimum Gasteiger partial charge on any atom is -0.212 e. The molecule has 1 rings (SSSR count). The summed E-state index contributed by atoms with van der Waals surface area (Å²) in [5.74, 6) is 0.836. The zero-order valence-electron chi connectivity index (χ0n) is 7.95. The first-order chi connectivity index (χ1) is 5.43. The molecule has 0 spiro atoms. The van der Waals surface area contributed by atoms with E-state index < -0.39 is 10.0 Å². The van der Waals surface area contributed by atoms with Crippen LogP contribution >= 0.6 is 0 Å². The molecular formula is C8H17NO2S. The van der Waals surface area contributed by atoms with Gasteiger partial charge in [-0.05, 0) is 26.2 Å². The molecule has 1 saturated heterocycles. The van der Waals surface area contributed by atoms with Crippen LogP contribution in [0.1, 0.15) is 27.2 Å². The predicted octanol–water partition coefficient (Wildman–Crippen LogP) is 1.07. The van der Waals surface area contributed by atoms with E-state index in [2.05, 4.69) is 6.92 Å². The number of rotatable bonds is 1. The van der Waals surface area contributed by atoms with Gasteiger partial charge in [-0.3, -0.25) is 0 Å². The summed E-state index contributed by atoms with van der Waals surface area (Å²) in [5.41, 5.74) is 0. The molecule has 0 aromatic carbocycles. The van der Waals surface area contributed by atoms with E-state index in [-0.39, 0.29) is 6.04 Å². The normalized spacial score (nSPS) is 30.8. The highest BCUT2D eigenvalue weighted by Gasteiger charge is 2.30. The second kappa shape index (κ2) is 3.34. The van der Waals surface area contributed by atoms with Gasteiger partial charge in [0.2, 0.25) is 10.0 Å². The first-order valence-corrected chi connectivity index (χ1v) is 6.04. The smallest absolute Gasteiger partial charge is 0.212 e. The fraction of sp³-hybridized carbons (Fsp3) is 1.00. The fourth-order valence-corrected chi connectivity index (χ4v) is 3.57. The van der Waals surface area contributed by atoms with E-state index in [1.165, 1.54) is 0 Å². The van der Waals surface area contributed by atoms with Gasteiger partial charge in [0.05, 0.1) is 5.75 Å². The van der Waals surface area contributed by atoms with Crippen molar-refractivity contribution in [3.8, 4) is 0 Å². The summed E-state index contributed by atoms with van der Waals surface area (Å²) in [6, 6.07) is 0.109. The van der Waals surface area contributed by atoms with Crippen LogP contribution in [-0.2, 0) is 10.0 Å². The lowest BCUT2D eigenvalue weighted by Gasteiger charge is -2.33. The van der Waals surface area contributed by atoms with Gasteiger partial charge in [0.1, 0.15) is 0 Å². The first kappa shape index (κ1) is 9.99. The molecule has 3 nitrogen and oxygen atoms in total. The molecule has 4 heteroatoms. The third-order valence-corrected chi connectivity index (χ3v) is 4.33. The minimum absolute atomic E-state index is 0.109. The zero-order valence-corrected chi connectivity index (χ0v) is 8.76. The maximum atomic E-state index is 11.5. The molecule has 0 radical (unpaired) electrons. The van der Waals surface area contributed by atoms with E-state index in [1.54, 1.807) is 4.31 Å². The van der Waals surface area contributed by atoms with Crippen LogP contribution in [0.15, 0.2) is 0 Å². The SMILES string of the molecule is CC1CCS(=O)(=O)N(C(C)C)C1. The molecule has 72 valence electrons. The van der Waals surface area contributed by atoms with Gasteiger partial charge in [-0.15, -0.1) is 0 Å². The van der Waals surface area contributed by atoms with Crippen LogP contribution in [0, 0.1) is 5.92 Å². The summed E-state index contributed by atoms with van der Waals surface area (Å²) in [5, 5.41) is 0. The fourth-order valence-electron chi connectivity index (χ4n) is 1.51. The highest BCUT2D eigenvalue weighted by molar-refractivity contribution is 7.89. The Labute approximate surface area is 74.8 Å². The Bertz CT molecular complexity index is 246. The molecule has 0 N–H and O–H groups in total. The molecule has 1 aliphatic rings. The van der Waals surface area contributed by atoms with E-state index in [0.29, 0.717) is 18.2 Å². The van der Waals surface area contributed by atoms with Crippen LogP contribution in [0.5, 0.6) is 0 Å². The molecule has 0 aromatic heterocycles. The van der Waals surface area contributed by atoms with Crippen molar-refractivity contribution in [2.75, 3.05) is 12.3 Å². The first-order valence-electron chi connectivity index (χ1n) is 4.43. The average Bonchev–Trinajstić information content (AvgIpc) is 1.94. The van der Waals surface area contributed by atoms with Crippen molar-refractivity contribution in [3.05, 3.63) is 0 Å². The number of sulfonamides is 1. The molecule has 1 aliphatic heterocycles. The third-order valence-electron chi connectivity index (χ3n) is 2.29. The summed E-state index contributed by atoms with van der Waals surface area (Å²) in [6.45, 7) is 6.65. The van der Waals surface area contributed by atoms with E-state index in [1.807, 2.05) is 13.8 Å². The summed E-state index contributed by atoms with van der Waals surface area (Å²) in [4.78, 5) is 0. The van der Waals surface area contributed by atoms with Crippen molar-refractivity contribution in [2.45, 2.75) is 33.2 Å². The summed E-state index contributed by atoms with van der Waals surface area (Å²) in [7, 11) is -2.92. The molecule has 0 aliphatic carbocycles. The standard InChI is InChI=1S/C8H17NO2S/c1-7(2)9-6-8(3)4-5-12(9,10)11/h7-8H,4-6H2,1-3H3. The van der Waals surface area contributed by atoms with Gasteiger partial charge in [-0.2, -0.15) is 4.31 Å². The molecule has 1 heterocycles. The Kier molecular flexibility index (Phi) is 2.78. The van der Waals surface area contributed by atoms with Crippen molar-refractivity contribution in [3.63, 3.8) is 0 Å². The lowest BCUT2D eigenvalue weighted by atomic mass is 10.1. The summed E-state index contributed by atoms with van der Waals surface area (Å²) in [6.07, 6.45) is 0.811. The van der Waals surface area contributed by atoms with Gasteiger partial charge in [0.25, 0.3) is 0 Å². The van der Waals surface area contributed by atoms with Crippen molar-refractivity contribution >= 4 is 10.0 Å². The molecule has 0 bridgehead atoms. The highest BCUT2D eigenvalue weighted by Crippen LogP contribution is 2.20. The van der Waals surface area contributed by atoms with Crippen LogP contribution in [0.3, 0.4) is 0 Å². The van der Waals surface area contributed by atoms with Gasteiger partial charge in [-0.25, -0.2) is 8.42 Å². The number of nitrogens with zero attached hydrogens (tertiary/aromatic N) is 1. The van der Waals surface area contributed by atoms with Crippen molar-refractivity contribution in [2.24, 2.45) is 5.92 Å². The zero-order chi connectivity index (χ0) is 9.35. The quantitative estimate of drug-likeness (QED) is 0.621. The van der Waals surface area contributed by atoms with Crippen molar-refractivity contribution in [1.82, 2.24) is 4.31 Å². The minimum atomic E-state index is -2.92. The molecule has 12 heavy (non-hydrogen) atoms. The third kappa shape index (κ3) is 1.98. The topological polar surface area (TPSA) is 37.4 Å². The number of hydrogen-bond donors (Lipinski definition) is 0. The van der Waals surface area contributed by atoms with E-state index >= 15 is 0 Å². The molecule has 0 aromatic rings. The summed E-state index contributed by atoms with van der Waals surface area (Å²) < 4.78 is 24.6. The molecule has 1 atom stereocenters. The van der Waals surface area contributed by atoms with Crippen LogP contribution in [0.2, 0.25) is 0 Å². The maximum absolute atomic E-state index is 11.5. The van der Waals surface area contributed by atoms with Crippen molar-refractivity contribution < 1.29 is 8.42 Å². The van der Waals surface area contributed by atoms with Crippen molar-refractivity contribution in [1.29, 1.82) is 0 Å². The molecule has 0 saturated carbocycles. The Hall–Kier alpha value is -0.0900. The van der Waals surface area contributed by atoms with Crippen LogP contribution in [0.4, 0.5) is 0 Å². The monoisotopic (exact) mass is 191 g/mol. The molecular weight excluding hydrogens is 174 g/mol. The lowest BCUT2D eigenvalue weighted by Crippen LogP contribution is -2.45. The molecule has 1 unspecified atom stereocenters. The largest absolute Gasteiger partial charge is 0.214 e. The Morgan fingerprint density at radius 1 is 1.42 bits per heavy atom. The van der Waals surface area contributed by atoms with Gasteiger partial charge < -0.3 is 0 Å². The van der Waals surface area contributed by atoms with Gasteiger partial charge in [0, 0.05) is 12.6 Å². The Balaban J connectivity index is 2.80.